The normalized spacial score (nSPS) is 21.4. The van der Waals surface area contributed by atoms with E-state index in [-0.39, 0.29) is 61.6 Å². The lowest BCUT2D eigenvalue weighted by Gasteiger charge is -2.22. The minimum atomic E-state index is 0.0293. The van der Waals surface area contributed by atoms with Crippen LogP contribution >= 0.6 is 0 Å². The van der Waals surface area contributed by atoms with E-state index in [2.05, 4.69) is 281 Å². The van der Waals surface area contributed by atoms with Gasteiger partial charge in [-0.25, -0.2) is 0 Å². The van der Waals surface area contributed by atoms with Crippen LogP contribution < -0.4 is 0 Å². The predicted molar refractivity (Wildman–Crippen MR) is 640 cm³/mol. The highest BCUT2D eigenvalue weighted by molar-refractivity contribution is 4.82. The van der Waals surface area contributed by atoms with Crippen molar-refractivity contribution in [1.82, 2.24) is 24.5 Å². The fraction of sp³-hybridized carbons (Fsp3) is 1.00. The molecule has 0 bridgehead atoms. The molecule has 2 unspecified atom stereocenters. The topological polar surface area (TPSA) is 118 Å². The second-order valence-corrected chi connectivity index (χ2v) is 58.0. The van der Waals surface area contributed by atoms with E-state index in [1.807, 2.05) is 0 Å². The van der Waals surface area contributed by atoms with Crippen LogP contribution in [0.1, 0.15) is 575 Å². The van der Waals surface area contributed by atoms with E-state index in [1.54, 1.807) is 0 Å². The molecule has 4 atom stereocenters. The van der Waals surface area contributed by atoms with Gasteiger partial charge >= 0.3 is 0 Å². The third-order valence-corrected chi connectivity index (χ3v) is 30.4. The zero-order chi connectivity index (χ0) is 111. The van der Waals surface area contributed by atoms with Crippen molar-refractivity contribution in [2.75, 3.05) is 153 Å². The molecule has 5 heterocycles. The Kier molecular flexibility index (Phi) is 78.8. The molecule has 0 N–H and O–H groups in total. The van der Waals surface area contributed by atoms with Gasteiger partial charge in [0.1, 0.15) is 0 Å². The van der Waals surface area contributed by atoms with Crippen LogP contribution in [0.4, 0.5) is 0 Å². The number of likely N-dealkylation sites (tertiary alicyclic amines) is 5. The Bertz CT molecular complexity index is 2480. The molecule has 147 heavy (non-hydrogen) atoms. The van der Waals surface area contributed by atoms with Crippen molar-refractivity contribution >= 4 is 0 Å². The molecule has 16 heteroatoms. The van der Waals surface area contributed by atoms with Gasteiger partial charge in [0.05, 0.1) is 61.6 Å². The molecule has 5 aliphatic heterocycles. The largest absolute Gasteiger partial charge is 0.376 e. The molecule has 0 aromatic carbocycles. The van der Waals surface area contributed by atoms with Crippen molar-refractivity contribution in [2.45, 2.75) is 655 Å². The molecule has 882 valence electrons. The average Bonchev–Trinajstić information content (AvgIpc) is 1.78. The highest BCUT2D eigenvalue weighted by Crippen LogP contribution is 2.36. The van der Waals surface area contributed by atoms with Crippen molar-refractivity contribution in [3.63, 3.8) is 0 Å². The maximum atomic E-state index is 5.71. The maximum absolute atomic E-state index is 5.71. The Morgan fingerprint density at radius 1 is 0.163 bits per heavy atom. The summed E-state index contributed by atoms with van der Waals surface area (Å²) in [6.45, 7) is 90.5. The van der Waals surface area contributed by atoms with E-state index in [0.29, 0.717) is 0 Å². The van der Waals surface area contributed by atoms with E-state index in [9.17, 15) is 0 Å². The van der Waals surface area contributed by atoms with E-state index < -0.39 is 0 Å². The summed E-state index contributed by atoms with van der Waals surface area (Å²) >= 11 is 0. The molecule has 6 saturated carbocycles. The smallest absolute Gasteiger partial charge is 0.0598 e. The summed E-state index contributed by atoms with van der Waals surface area (Å²) in [6.07, 6.45) is 74.6. The Morgan fingerprint density at radius 2 is 0.327 bits per heavy atom. The van der Waals surface area contributed by atoms with E-state index in [0.717, 1.165) is 132 Å². The first-order chi connectivity index (χ1) is 68.5. The molecule has 0 aromatic rings. The van der Waals surface area contributed by atoms with Crippen molar-refractivity contribution in [2.24, 2.45) is 41.4 Å². The van der Waals surface area contributed by atoms with Gasteiger partial charge in [-0.15, -0.1) is 0 Å². The summed E-state index contributed by atoms with van der Waals surface area (Å²) < 4.78 is 62.6. The molecular weight excluding hydrogens is 1820 g/mol. The minimum Gasteiger partial charge on any atom is -0.376 e. The van der Waals surface area contributed by atoms with Gasteiger partial charge < -0.3 is 76.6 Å². The highest BCUT2D eigenvalue weighted by atomic mass is 16.5. The monoisotopic (exact) mass is 2090 g/mol. The molecule has 0 spiro atoms. The van der Waals surface area contributed by atoms with E-state index in [4.69, 9.17) is 52.1 Å². The Hall–Kier alpha value is -0.640. The van der Waals surface area contributed by atoms with Gasteiger partial charge in [0.25, 0.3) is 0 Å². The lowest BCUT2D eigenvalue weighted by molar-refractivity contribution is -0.00666. The maximum Gasteiger partial charge on any atom is 0.0598 e. The molecule has 0 aromatic heterocycles. The molecule has 11 fully saturated rings. The molecule has 0 amide bonds. The quantitative estimate of drug-likeness (QED) is 0.0538. The molecule has 6 aliphatic carbocycles. The van der Waals surface area contributed by atoms with Crippen LogP contribution in [-0.4, -0.2) is 257 Å². The number of nitrogens with zero attached hydrogens (tertiary/aromatic N) is 5. The summed E-state index contributed by atoms with van der Waals surface area (Å²) in [4.78, 5) is 12.4. The first-order valence-corrected chi connectivity index (χ1v) is 63.0. The summed E-state index contributed by atoms with van der Waals surface area (Å²) in [5, 5.41) is 0. The van der Waals surface area contributed by atoms with Crippen LogP contribution in [0.5, 0.6) is 0 Å². The SMILES string of the molecule is CC(C)(C)OCCCC1CCCC1.CC(C)(C)OCCCC1CCCC1.CC(C)(C)OCCCC1CCCC1.CC(C)(C)OCCCC1CCCC1.CC(C)(C)OCCCC1CCCC1.CC(C)(C)OCCCC1CCCC1.CC(C)(C)OCCCN1CCCC1.CN1CCC(CCCOC(C)(C)C)C1.CN1CCCC1CCCOC(C)(C)C.CN1CCC[C@@H]1CCCOC(C)(C)C.CN1CCC[C@H]1CCCOC(C)(C)C. The zero-order valence-electron chi connectivity index (χ0n) is 107. The van der Waals surface area contributed by atoms with Gasteiger partial charge in [0, 0.05) is 104 Å². The summed E-state index contributed by atoms with van der Waals surface area (Å²) in [5.74, 6) is 7.02. The van der Waals surface area contributed by atoms with Crippen LogP contribution in [0, 0.1) is 41.4 Å². The zero-order valence-corrected chi connectivity index (χ0v) is 107. The van der Waals surface area contributed by atoms with Crippen molar-refractivity contribution in [3.8, 4) is 0 Å². The summed E-state index contributed by atoms with van der Waals surface area (Å²) in [6, 6.07) is 2.45. The minimum absolute atomic E-state index is 0.0293. The molecule has 16 nitrogen and oxygen atoms in total. The van der Waals surface area contributed by atoms with Crippen molar-refractivity contribution in [1.29, 1.82) is 0 Å². The Balaban J connectivity index is 0.000000809. The lowest BCUT2D eigenvalue weighted by atomic mass is 10.0. The highest BCUT2D eigenvalue weighted by Gasteiger charge is 2.29. The fourth-order valence-electron chi connectivity index (χ4n) is 22.1. The van der Waals surface area contributed by atoms with E-state index >= 15 is 0 Å². The summed E-state index contributed by atoms with van der Waals surface area (Å²) in [7, 11) is 8.93. The van der Waals surface area contributed by atoms with Gasteiger partial charge in [-0.3, -0.25) is 0 Å². The molecule has 0 radical (unpaired) electrons. The second kappa shape index (κ2) is 80.2. The number of ether oxygens (including phenoxy) is 11. The Morgan fingerprint density at radius 3 is 0.476 bits per heavy atom. The van der Waals surface area contributed by atoms with Gasteiger partial charge in [-0.2, -0.15) is 0 Å². The number of hydrogen-bond donors (Lipinski definition) is 0. The first kappa shape index (κ1) is 144. The Labute approximate surface area is 920 Å². The average molecular weight is 2090 g/mol. The van der Waals surface area contributed by atoms with Crippen LogP contribution in [0.3, 0.4) is 0 Å². The summed E-state index contributed by atoms with van der Waals surface area (Å²) in [5.41, 5.74) is 0.463. The number of hydrogen-bond acceptors (Lipinski definition) is 16. The van der Waals surface area contributed by atoms with E-state index in [1.165, 1.54) is 399 Å². The predicted octanol–water partition coefficient (Wildman–Crippen LogP) is 35.5. The van der Waals surface area contributed by atoms with Crippen LogP contribution in [-0.2, 0) is 52.1 Å². The third kappa shape index (κ3) is 97.1. The molecular formula is C131H267N5O11. The van der Waals surface area contributed by atoms with Gasteiger partial charge in [0.15, 0.2) is 0 Å². The van der Waals surface area contributed by atoms with Crippen molar-refractivity contribution in [3.05, 3.63) is 0 Å². The second-order valence-electron chi connectivity index (χ2n) is 58.0. The van der Waals surface area contributed by atoms with Gasteiger partial charge in [-0.1, -0.05) is 154 Å². The van der Waals surface area contributed by atoms with Gasteiger partial charge in [-0.05, 0) is 530 Å². The lowest BCUT2D eigenvalue weighted by Crippen LogP contribution is -2.26. The first-order valence-electron chi connectivity index (χ1n) is 63.0. The number of rotatable bonds is 44. The molecule has 5 saturated heterocycles. The van der Waals surface area contributed by atoms with Crippen LogP contribution in [0.2, 0.25) is 0 Å². The van der Waals surface area contributed by atoms with Crippen LogP contribution in [0.15, 0.2) is 0 Å². The standard InChI is InChI=1S/4C12H25NO.6C12H24O.C11H23NO/c3*1-12(2,3)14-10-6-8-11-7-5-9-13(11)4;1-12(2,3)14-9-5-6-11-7-8-13(4)10-11;6*1-12(2,3)13-10-6-9-11-7-4-5-8-11;1-11(2,3)13-10-6-9-12-7-4-5-8-12/h4*11H,5-10H2,1-4H3;6*11H,4-10H2,1-3H3;4-10H2,1-3H3/t2*11-;;;;;;;;;/m10........./s1. The molecule has 11 aliphatic rings. The molecule has 11 rings (SSSR count). The fourth-order valence-corrected chi connectivity index (χ4v) is 22.1. The van der Waals surface area contributed by atoms with Crippen molar-refractivity contribution < 1.29 is 52.1 Å². The van der Waals surface area contributed by atoms with Gasteiger partial charge in [0.2, 0.25) is 0 Å². The third-order valence-electron chi connectivity index (χ3n) is 30.4. The van der Waals surface area contributed by atoms with Crippen LogP contribution in [0.25, 0.3) is 0 Å².